The molecule has 1 aromatic rings. The molecule has 0 saturated carbocycles. The van der Waals surface area contributed by atoms with Crippen molar-refractivity contribution in [3.63, 3.8) is 0 Å². The summed E-state index contributed by atoms with van der Waals surface area (Å²) in [6.45, 7) is 0.394. The minimum Gasteiger partial charge on any atom is -0.361 e. The lowest BCUT2D eigenvalue weighted by molar-refractivity contribution is -0.127. The number of hydrogen-bond acceptors (Lipinski definition) is 4. The minimum absolute atomic E-state index is 0.0742. The Morgan fingerprint density at radius 1 is 1.40 bits per heavy atom. The molecule has 1 amide bonds. The van der Waals surface area contributed by atoms with Gasteiger partial charge in [-0.3, -0.25) is 4.79 Å². The van der Waals surface area contributed by atoms with Crippen LogP contribution in [0.15, 0.2) is 24.3 Å². The maximum absolute atomic E-state index is 11.9. The standard InChI is InChI=1S/C13H19N3O3S/c1-15(2)13(17)9-16-8-11(20(14,18)19)7-10-5-3-4-6-12(10)16/h3-6,11H,7-9H2,1-2H3,(H2,14,18,19)/t11-/m0/s1. The van der Waals surface area contributed by atoms with Crippen molar-refractivity contribution in [2.24, 2.45) is 5.14 Å². The number of rotatable bonds is 3. The van der Waals surface area contributed by atoms with Crippen molar-refractivity contribution in [1.29, 1.82) is 0 Å². The van der Waals surface area contributed by atoms with Crippen LogP contribution >= 0.6 is 0 Å². The van der Waals surface area contributed by atoms with Gasteiger partial charge in [-0.25, -0.2) is 13.6 Å². The topological polar surface area (TPSA) is 83.7 Å². The van der Waals surface area contributed by atoms with Gasteiger partial charge in [-0.1, -0.05) is 18.2 Å². The summed E-state index contributed by atoms with van der Waals surface area (Å²) in [5.41, 5.74) is 1.81. The zero-order valence-corrected chi connectivity index (χ0v) is 12.4. The molecule has 110 valence electrons. The highest BCUT2D eigenvalue weighted by atomic mass is 32.2. The number of benzene rings is 1. The van der Waals surface area contributed by atoms with Gasteiger partial charge in [-0.15, -0.1) is 0 Å². The van der Waals surface area contributed by atoms with Crippen molar-refractivity contribution in [3.05, 3.63) is 29.8 Å². The Morgan fingerprint density at radius 2 is 2.05 bits per heavy atom. The highest BCUT2D eigenvalue weighted by Gasteiger charge is 2.32. The van der Waals surface area contributed by atoms with E-state index in [-0.39, 0.29) is 19.0 Å². The van der Waals surface area contributed by atoms with Crippen LogP contribution < -0.4 is 10.0 Å². The van der Waals surface area contributed by atoms with E-state index < -0.39 is 15.3 Å². The van der Waals surface area contributed by atoms with Gasteiger partial charge < -0.3 is 9.80 Å². The van der Waals surface area contributed by atoms with E-state index in [9.17, 15) is 13.2 Å². The predicted octanol–water partition coefficient (Wildman–Crippen LogP) is -0.206. The number of likely N-dealkylation sites (N-methyl/N-ethyl adjacent to an activating group) is 1. The molecule has 0 spiro atoms. The summed E-state index contributed by atoms with van der Waals surface area (Å²) in [6, 6.07) is 7.51. The molecule has 1 aromatic carbocycles. The van der Waals surface area contributed by atoms with E-state index in [2.05, 4.69) is 0 Å². The number of hydrogen-bond donors (Lipinski definition) is 1. The van der Waals surface area contributed by atoms with Crippen LogP contribution in [-0.4, -0.2) is 51.7 Å². The van der Waals surface area contributed by atoms with Gasteiger partial charge in [-0.2, -0.15) is 0 Å². The summed E-state index contributed by atoms with van der Waals surface area (Å²) in [5, 5.41) is 4.60. The number of carbonyl (C=O) groups excluding carboxylic acids is 1. The number of para-hydroxylation sites is 1. The lowest BCUT2D eigenvalue weighted by atomic mass is 10.0. The number of sulfonamides is 1. The molecular formula is C13H19N3O3S. The summed E-state index contributed by atoms with van der Waals surface area (Å²) in [6.07, 6.45) is 0.391. The second-order valence-electron chi connectivity index (χ2n) is 5.21. The average molecular weight is 297 g/mol. The quantitative estimate of drug-likeness (QED) is 0.837. The molecule has 0 aromatic heterocycles. The zero-order valence-electron chi connectivity index (χ0n) is 11.6. The van der Waals surface area contributed by atoms with E-state index in [1.165, 1.54) is 4.90 Å². The lowest BCUT2D eigenvalue weighted by Crippen LogP contribution is -2.48. The Bertz CT molecular complexity index is 613. The van der Waals surface area contributed by atoms with Crippen molar-refractivity contribution in [2.75, 3.05) is 32.1 Å². The van der Waals surface area contributed by atoms with E-state index in [1.54, 1.807) is 19.0 Å². The molecule has 2 N–H and O–H groups in total. The first-order valence-corrected chi connectivity index (χ1v) is 7.94. The van der Waals surface area contributed by atoms with E-state index >= 15 is 0 Å². The number of amides is 1. The first-order valence-electron chi connectivity index (χ1n) is 6.33. The van der Waals surface area contributed by atoms with Crippen molar-refractivity contribution in [3.8, 4) is 0 Å². The monoisotopic (exact) mass is 297 g/mol. The Kier molecular flexibility index (Phi) is 4.01. The van der Waals surface area contributed by atoms with Crippen molar-refractivity contribution in [1.82, 2.24) is 4.90 Å². The third kappa shape index (κ3) is 3.10. The van der Waals surface area contributed by atoms with Gasteiger partial charge in [-0.05, 0) is 18.1 Å². The summed E-state index contributed by atoms with van der Waals surface area (Å²) in [7, 11) is -0.272. The van der Waals surface area contributed by atoms with Gasteiger partial charge in [0.2, 0.25) is 15.9 Å². The second kappa shape index (κ2) is 5.41. The van der Waals surface area contributed by atoms with E-state index in [0.29, 0.717) is 6.42 Å². The Labute approximate surface area is 119 Å². The molecule has 1 aliphatic rings. The summed E-state index contributed by atoms with van der Waals surface area (Å²) in [4.78, 5) is 15.2. The molecule has 0 bridgehead atoms. The highest BCUT2D eigenvalue weighted by molar-refractivity contribution is 7.89. The molecule has 1 heterocycles. The van der Waals surface area contributed by atoms with Crippen LogP contribution in [0.5, 0.6) is 0 Å². The van der Waals surface area contributed by atoms with Gasteiger partial charge in [0.05, 0.1) is 11.8 Å². The van der Waals surface area contributed by atoms with E-state index in [4.69, 9.17) is 5.14 Å². The van der Waals surface area contributed by atoms with Gasteiger partial charge in [0, 0.05) is 26.3 Å². The predicted molar refractivity (Wildman–Crippen MR) is 77.9 cm³/mol. The molecule has 0 unspecified atom stereocenters. The van der Waals surface area contributed by atoms with Gasteiger partial charge in [0.1, 0.15) is 0 Å². The smallest absolute Gasteiger partial charge is 0.241 e. The molecule has 0 fully saturated rings. The minimum atomic E-state index is -3.62. The summed E-state index contributed by atoms with van der Waals surface area (Å²) >= 11 is 0. The molecule has 0 radical (unpaired) electrons. The van der Waals surface area contributed by atoms with Gasteiger partial charge >= 0.3 is 0 Å². The molecule has 20 heavy (non-hydrogen) atoms. The van der Waals surface area contributed by atoms with Gasteiger partial charge in [0.15, 0.2) is 0 Å². The largest absolute Gasteiger partial charge is 0.361 e. The summed E-state index contributed by atoms with van der Waals surface area (Å²) in [5.74, 6) is -0.0742. The number of fused-ring (bicyclic) bond motifs is 1. The molecule has 7 heteroatoms. The molecule has 0 aliphatic carbocycles. The molecule has 6 nitrogen and oxygen atoms in total. The first-order chi connectivity index (χ1) is 9.29. The fraction of sp³-hybridized carbons (Fsp3) is 0.462. The van der Waals surface area contributed by atoms with Crippen LogP contribution in [0, 0.1) is 0 Å². The Hall–Kier alpha value is -1.60. The van der Waals surface area contributed by atoms with Crippen molar-refractivity contribution in [2.45, 2.75) is 11.7 Å². The zero-order chi connectivity index (χ0) is 14.9. The lowest BCUT2D eigenvalue weighted by Gasteiger charge is -2.35. The number of nitrogens with zero attached hydrogens (tertiary/aromatic N) is 2. The van der Waals surface area contributed by atoms with Crippen molar-refractivity contribution >= 4 is 21.6 Å². The number of carbonyl (C=O) groups is 1. The van der Waals surface area contributed by atoms with Crippen LogP contribution in [-0.2, 0) is 21.2 Å². The maximum atomic E-state index is 11.9. The SMILES string of the molecule is CN(C)C(=O)CN1C[C@@H](S(N)(=O)=O)Cc2ccccc21. The second-order valence-corrected chi connectivity index (χ2v) is 7.06. The Balaban J connectivity index is 2.32. The van der Waals surface area contributed by atoms with Crippen LogP contribution in [0.3, 0.4) is 0 Å². The van der Waals surface area contributed by atoms with Crippen LogP contribution in [0.1, 0.15) is 5.56 Å². The molecule has 0 saturated heterocycles. The van der Waals surface area contributed by atoms with Crippen molar-refractivity contribution < 1.29 is 13.2 Å². The van der Waals surface area contributed by atoms with E-state index in [1.807, 2.05) is 24.3 Å². The molecule has 2 rings (SSSR count). The number of nitrogens with two attached hydrogens (primary N) is 1. The summed E-state index contributed by atoms with van der Waals surface area (Å²) < 4.78 is 23.2. The fourth-order valence-electron chi connectivity index (χ4n) is 2.32. The molecule has 1 aliphatic heterocycles. The fourth-order valence-corrected chi connectivity index (χ4v) is 3.12. The molecule has 1 atom stereocenters. The average Bonchev–Trinajstić information content (AvgIpc) is 2.37. The van der Waals surface area contributed by atoms with E-state index in [0.717, 1.165) is 11.3 Å². The Morgan fingerprint density at radius 3 is 2.65 bits per heavy atom. The van der Waals surface area contributed by atoms with Crippen LogP contribution in [0.4, 0.5) is 5.69 Å². The molecular weight excluding hydrogens is 278 g/mol. The van der Waals surface area contributed by atoms with Crippen LogP contribution in [0.2, 0.25) is 0 Å². The third-order valence-corrected chi connectivity index (χ3v) is 4.74. The maximum Gasteiger partial charge on any atom is 0.241 e. The van der Waals surface area contributed by atoms with Gasteiger partial charge in [0.25, 0.3) is 0 Å². The number of anilines is 1. The first kappa shape index (κ1) is 14.8. The van der Waals surface area contributed by atoms with Crippen LogP contribution in [0.25, 0.3) is 0 Å². The number of primary sulfonamides is 1. The highest BCUT2D eigenvalue weighted by Crippen LogP contribution is 2.28. The third-order valence-electron chi connectivity index (χ3n) is 3.49. The normalized spacial score (nSPS) is 18.6.